The van der Waals surface area contributed by atoms with E-state index in [0.717, 1.165) is 0 Å². The molecule has 0 aromatic heterocycles. The van der Waals surface area contributed by atoms with E-state index in [-0.39, 0.29) is 5.75 Å². The summed E-state index contributed by atoms with van der Waals surface area (Å²) in [6, 6.07) is 10.5. The number of phenolic OH excluding ortho intramolecular Hbond substituents is 1. The maximum atomic E-state index is 12.3. The number of benzene rings is 2. The SMILES string of the molecule is COc1ccc(C(O)C(=O)c2ccc(O)cc2)c(OC)c1. The summed E-state index contributed by atoms with van der Waals surface area (Å²) < 4.78 is 10.3. The van der Waals surface area contributed by atoms with E-state index in [4.69, 9.17) is 9.47 Å². The number of phenols is 1. The van der Waals surface area contributed by atoms with Crippen molar-refractivity contribution in [2.75, 3.05) is 14.2 Å². The minimum atomic E-state index is -1.35. The quantitative estimate of drug-likeness (QED) is 0.826. The Kier molecular flexibility index (Phi) is 4.45. The molecule has 0 bridgehead atoms. The summed E-state index contributed by atoms with van der Waals surface area (Å²) in [7, 11) is 2.97. The van der Waals surface area contributed by atoms with Crippen LogP contribution < -0.4 is 9.47 Å². The molecule has 0 spiro atoms. The molecule has 5 nitrogen and oxygen atoms in total. The van der Waals surface area contributed by atoms with Crippen molar-refractivity contribution in [3.8, 4) is 17.2 Å². The normalized spacial score (nSPS) is 11.8. The largest absolute Gasteiger partial charge is 0.508 e. The third kappa shape index (κ3) is 3.14. The molecule has 21 heavy (non-hydrogen) atoms. The smallest absolute Gasteiger partial charge is 0.195 e. The molecule has 2 aromatic rings. The zero-order valence-electron chi connectivity index (χ0n) is 11.7. The highest BCUT2D eigenvalue weighted by Gasteiger charge is 2.23. The molecular formula is C16H16O5. The van der Waals surface area contributed by atoms with E-state index >= 15 is 0 Å². The highest BCUT2D eigenvalue weighted by molar-refractivity contribution is 6.00. The van der Waals surface area contributed by atoms with Crippen LogP contribution in [0.2, 0.25) is 0 Å². The van der Waals surface area contributed by atoms with Crippen molar-refractivity contribution in [2.45, 2.75) is 6.10 Å². The fourth-order valence-electron chi connectivity index (χ4n) is 1.97. The van der Waals surface area contributed by atoms with E-state index in [1.807, 2.05) is 0 Å². The predicted octanol–water partition coefficient (Wildman–Crippen LogP) is 2.33. The van der Waals surface area contributed by atoms with E-state index in [1.165, 1.54) is 38.5 Å². The Bertz CT molecular complexity index is 634. The summed E-state index contributed by atoms with van der Waals surface area (Å²) in [5.41, 5.74) is 0.662. The Morgan fingerprint density at radius 3 is 2.29 bits per heavy atom. The summed E-state index contributed by atoms with van der Waals surface area (Å²) in [5.74, 6) is 0.524. The van der Waals surface area contributed by atoms with Crippen LogP contribution in [-0.2, 0) is 0 Å². The first-order chi connectivity index (χ1) is 10.1. The summed E-state index contributed by atoms with van der Waals surface area (Å²) in [6.07, 6.45) is -1.35. The first kappa shape index (κ1) is 14.9. The second-order valence-electron chi connectivity index (χ2n) is 4.42. The lowest BCUT2D eigenvalue weighted by Crippen LogP contribution is -2.13. The Morgan fingerprint density at radius 2 is 1.71 bits per heavy atom. The van der Waals surface area contributed by atoms with Gasteiger partial charge in [0.2, 0.25) is 0 Å². The molecule has 110 valence electrons. The third-order valence-electron chi connectivity index (χ3n) is 3.14. The monoisotopic (exact) mass is 288 g/mol. The lowest BCUT2D eigenvalue weighted by atomic mass is 9.99. The van der Waals surface area contributed by atoms with Crippen LogP contribution in [0.4, 0.5) is 0 Å². The number of methoxy groups -OCH3 is 2. The molecule has 2 rings (SSSR count). The van der Waals surface area contributed by atoms with Gasteiger partial charge in [0.15, 0.2) is 5.78 Å². The van der Waals surface area contributed by atoms with Crippen LogP contribution in [0, 0.1) is 0 Å². The Hall–Kier alpha value is -2.53. The van der Waals surface area contributed by atoms with Gasteiger partial charge in [0.05, 0.1) is 14.2 Å². The van der Waals surface area contributed by atoms with Gasteiger partial charge in [0, 0.05) is 17.2 Å². The van der Waals surface area contributed by atoms with Crippen molar-refractivity contribution < 1.29 is 24.5 Å². The number of ketones is 1. The number of ether oxygens (including phenoxy) is 2. The van der Waals surface area contributed by atoms with Crippen molar-refractivity contribution in [2.24, 2.45) is 0 Å². The van der Waals surface area contributed by atoms with Crippen molar-refractivity contribution in [3.63, 3.8) is 0 Å². The van der Waals surface area contributed by atoms with Crippen LogP contribution in [0.1, 0.15) is 22.0 Å². The predicted molar refractivity (Wildman–Crippen MR) is 76.9 cm³/mol. The lowest BCUT2D eigenvalue weighted by Gasteiger charge is -2.15. The van der Waals surface area contributed by atoms with Gasteiger partial charge in [-0.1, -0.05) is 0 Å². The zero-order valence-corrected chi connectivity index (χ0v) is 11.7. The van der Waals surface area contributed by atoms with Crippen LogP contribution in [0.5, 0.6) is 17.2 Å². The van der Waals surface area contributed by atoms with Crippen LogP contribution in [0.25, 0.3) is 0 Å². The molecular weight excluding hydrogens is 272 g/mol. The summed E-state index contributed by atoms with van der Waals surface area (Å²) in [5, 5.41) is 19.5. The number of aliphatic hydroxyl groups excluding tert-OH is 1. The molecule has 0 saturated carbocycles. The van der Waals surface area contributed by atoms with E-state index < -0.39 is 11.9 Å². The van der Waals surface area contributed by atoms with Gasteiger partial charge in [-0.05, 0) is 36.4 Å². The molecule has 1 unspecified atom stereocenters. The molecule has 0 heterocycles. The van der Waals surface area contributed by atoms with Gasteiger partial charge in [-0.25, -0.2) is 0 Å². The number of Topliss-reactive ketones (excluding diaryl/α,β-unsaturated/α-hetero) is 1. The molecule has 0 fully saturated rings. The zero-order chi connectivity index (χ0) is 15.4. The number of hydrogen-bond acceptors (Lipinski definition) is 5. The number of carbonyl (C=O) groups is 1. The van der Waals surface area contributed by atoms with Gasteiger partial charge in [-0.15, -0.1) is 0 Å². The summed E-state index contributed by atoms with van der Waals surface area (Å²) in [4.78, 5) is 12.3. The number of hydrogen-bond donors (Lipinski definition) is 2. The fourth-order valence-corrected chi connectivity index (χ4v) is 1.97. The topological polar surface area (TPSA) is 76.0 Å². The van der Waals surface area contributed by atoms with Crippen molar-refractivity contribution in [1.29, 1.82) is 0 Å². The van der Waals surface area contributed by atoms with Crippen LogP contribution in [-0.4, -0.2) is 30.2 Å². The van der Waals surface area contributed by atoms with Crippen LogP contribution in [0.15, 0.2) is 42.5 Å². The van der Waals surface area contributed by atoms with Gasteiger partial charge in [0.25, 0.3) is 0 Å². The Balaban J connectivity index is 2.32. The maximum absolute atomic E-state index is 12.3. The number of rotatable bonds is 5. The molecule has 0 aliphatic carbocycles. The van der Waals surface area contributed by atoms with Gasteiger partial charge in [-0.3, -0.25) is 4.79 Å². The van der Waals surface area contributed by atoms with Gasteiger partial charge in [-0.2, -0.15) is 0 Å². The fraction of sp³-hybridized carbons (Fsp3) is 0.188. The Labute approximate surface area is 122 Å². The minimum absolute atomic E-state index is 0.0584. The molecule has 0 aliphatic rings. The van der Waals surface area contributed by atoms with E-state index in [0.29, 0.717) is 22.6 Å². The molecule has 0 amide bonds. The Morgan fingerprint density at radius 1 is 1.05 bits per heavy atom. The first-order valence-corrected chi connectivity index (χ1v) is 6.30. The summed E-state index contributed by atoms with van der Waals surface area (Å²) >= 11 is 0. The molecule has 5 heteroatoms. The molecule has 0 radical (unpaired) electrons. The second-order valence-corrected chi connectivity index (χ2v) is 4.42. The standard InChI is InChI=1S/C16H16O5/c1-20-12-7-8-13(14(9-12)21-2)16(19)15(18)10-3-5-11(17)6-4-10/h3-9,16-17,19H,1-2H3. The van der Waals surface area contributed by atoms with E-state index in [1.54, 1.807) is 18.2 Å². The highest BCUT2D eigenvalue weighted by Crippen LogP contribution is 2.31. The van der Waals surface area contributed by atoms with Gasteiger partial charge < -0.3 is 19.7 Å². The van der Waals surface area contributed by atoms with Crippen LogP contribution >= 0.6 is 0 Å². The molecule has 2 aromatic carbocycles. The molecule has 0 aliphatic heterocycles. The van der Waals surface area contributed by atoms with Gasteiger partial charge in [0.1, 0.15) is 23.4 Å². The van der Waals surface area contributed by atoms with Crippen molar-refractivity contribution in [3.05, 3.63) is 53.6 Å². The third-order valence-corrected chi connectivity index (χ3v) is 3.14. The van der Waals surface area contributed by atoms with E-state index in [9.17, 15) is 15.0 Å². The highest BCUT2D eigenvalue weighted by atomic mass is 16.5. The number of carbonyl (C=O) groups excluding carboxylic acids is 1. The summed E-state index contributed by atoms with van der Waals surface area (Å²) in [6.45, 7) is 0. The second kappa shape index (κ2) is 6.28. The van der Waals surface area contributed by atoms with Crippen molar-refractivity contribution in [1.82, 2.24) is 0 Å². The average Bonchev–Trinajstić information content (AvgIpc) is 2.53. The average molecular weight is 288 g/mol. The van der Waals surface area contributed by atoms with Gasteiger partial charge >= 0.3 is 0 Å². The van der Waals surface area contributed by atoms with Crippen LogP contribution in [0.3, 0.4) is 0 Å². The number of aliphatic hydroxyl groups is 1. The molecule has 0 saturated heterocycles. The maximum Gasteiger partial charge on any atom is 0.195 e. The van der Waals surface area contributed by atoms with Crippen molar-refractivity contribution >= 4 is 5.78 Å². The van der Waals surface area contributed by atoms with E-state index in [2.05, 4.69) is 0 Å². The molecule has 2 N–H and O–H groups in total. The lowest BCUT2D eigenvalue weighted by molar-refractivity contribution is 0.0742. The first-order valence-electron chi connectivity index (χ1n) is 6.30. The molecule has 1 atom stereocenters. The minimum Gasteiger partial charge on any atom is -0.508 e. The number of aromatic hydroxyl groups is 1.